The number of nitrogens with one attached hydrogen (secondary N) is 1. The maximum atomic E-state index is 10.4. The summed E-state index contributed by atoms with van der Waals surface area (Å²) in [6, 6.07) is 9.03. The number of hydrogen-bond acceptors (Lipinski definition) is 5. The Hall–Kier alpha value is -2.38. The lowest BCUT2D eigenvalue weighted by Gasteiger charge is -2.36. The van der Waals surface area contributed by atoms with E-state index in [0.29, 0.717) is 11.6 Å². The molecular formula is C19H25ClN6O. The minimum Gasteiger partial charge on any atom is -0.386 e. The van der Waals surface area contributed by atoms with Gasteiger partial charge in [-0.15, -0.1) is 0 Å². The van der Waals surface area contributed by atoms with Crippen LogP contribution in [0.15, 0.2) is 47.7 Å². The van der Waals surface area contributed by atoms with Crippen molar-refractivity contribution in [3.63, 3.8) is 0 Å². The van der Waals surface area contributed by atoms with Crippen LogP contribution in [0.1, 0.15) is 18.6 Å². The van der Waals surface area contributed by atoms with Crippen molar-refractivity contribution in [3.8, 4) is 0 Å². The number of guanidine groups is 1. The van der Waals surface area contributed by atoms with Crippen LogP contribution in [0, 0.1) is 0 Å². The Morgan fingerprint density at radius 3 is 2.48 bits per heavy atom. The van der Waals surface area contributed by atoms with Crippen LogP contribution in [0.25, 0.3) is 0 Å². The minimum absolute atomic E-state index is 0.298. The van der Waals surface area contributed by atoms with Crippen LogP contribution in [0.2, 0.25) is 5.02 Å². The first kappa shape index (κ1) is 19.4. The molecule has 1 atom stereocenters. The van der Waals surface area contributed by atoms with Crippen molar-refractivity contribution in [1.29, 1.82) is 0 Å². The fourth-order valence-electron chi connectivity index (χ4n) is 2.96. The topological polar surface area (TPSA) is 76.9 Å². The fourth-order valence-corrected chi connectivity index (χ4v) is 3.09. The first-order valence-electron chi connectivity index (χ1n) is 9.16. The maximum Gasteiger partial charge on any atom is 0.225 e. The number of hydrogen-bond donors (Lipinski definition) is 2. The molecule has 0 bridgehead atoms. The molecule has 1 fully saturated rings. The van der Waals surface area contributed by atoms with Gasteiger partial charge in [-0.3, -0.25) is 4.99 Å². The van der Waals surface area contributed by atoms with Gasteiger partial charge in [0.25, 0.3) is 0 Å². The molecule has 8 heteroatoms. The number of anilines is 1. The highest BCUT2D eigenvalue weighted by Crippen LogP contribution is 2.17. The van der Waals surface area contributed by atoms with Crippen LogP contribution in [-0.4, -0.2) is 65.2 Å². The molecule has 3 rings (SSSR count). The molecule has 1 aliphatic heterocycles. The van der Waals surface area contributed by atoms with E-state index in [9.17, 15) is 5.11 Å². The Bertz CT molecular complexity index is 732. The molecular weight excluding hydrogens is 364 g/mol. The number of aliphatic hydroxyl groups is 1. The Labute approximate surface area is 164 Å². The van der Waals surface area contributed by atoms with Gasteiger partial charge in [0.2, 0.25) is 5.95 Å². The van der Waals surface area contributed by atoms with E-state index in [2.05, 4.69) is 30.1 Å². The predicted molar refractivity (Wildman–Crippen MR) is 108 cm³/mol. The number of nitrogens with zero attached hydrogens (tertiary/aromatic N) is 5. The molecule has 7 nitrogen and oxygen atoms in total. The number of piperazine rings is 1. The van der Waals surface area contributed by atoms with Gasteiger partial charge in [-0.1, -0.05) is 23.7 Å². The molecule has 0 saturated carbocycles. The van der Waals surface area contributed by atoms with E-state index in [0.717, 1.165) is 50.2 Å². The first-order valence-corrected chi connectivity index (χ1v) is 9.54. The Kier molecular flexibility index (Phi) is 6.84. The van der Waals surface area contributed by atoms with Crippen molar-refractivity contribution in [1.82, 2.24) is 20.2 Å². The minimum atomic E-state index is -0.657. The summed E-state index contributed by atoms with van der Waals surface area (Å²) in [7, 11) is 0. The van der Waals surface area contributed by atoms with Crippen LogP contribution in [-0.2, 0) is 0 Å². The van der Waals surface area contributed by atoms with Gasteiger partial charge in [0, 0.05) is 50.1 Å². The molecule has 0 radical (unpaired) electrons. The number of aliphatic imine (C=N–C) groups is 1. The number of benzene rings is 1. The third-order valence-electron chi connectivity index (χ3n) is 4.42. The molecule has 27 heavy (non-hydrogen) atoms. The summed E-state index contributed by atoms with van der Waals surface area (Å²) < 4.78 is 0. The zero-order chi connectivity index (χ0) is 19.1. The smallest absolute Gasteiger partial charge is 0.225 e. The zero-order valence-electron chi connectivity index (χ0n) is 15.4. The second-order valence-electron chi connectivity index (χ2n) is 6.28. The molecule has 2 N–H and O–H groups in total. The summed E-state index contributed by atoms with van der Waals surface area (Å²) in [5, 5.41) is 14.4. The van der Waals surface area contributed by atoms with Crippen molar-refractivity contribution in [2.45, 2.75) is 13.0 Å². The molecule has 1 aliphatic rings. The number of halogens is 1. The second-order valence-corrected chi connectivity index (χ2v) is 6.72. The van der Waals surface area contributed by atoms with Crippen molar-refractivity contribution >= 4 is 23.5 Å². The third kappa shape index (κ3) is 5.30. The summed E-state index contributed by atoms with van der Waals surface area (Å²) in [4.78, 5) is 17.6. The van der Waals surface area contributed by atoms with Crippen LogP contribution < -0.4 is 10.2 Å². The lowest BCUT2D eigenvalue weighted by molar-refractivity contribution is 0.186. The van der Waals surface area contributed by atoms with Gasteiger partial charge in [0.05, 0.1) is 12.6 Å². The number of aromatic nitrogens is 2. The standard InChI is InChI=1S/C19H25ClN6O/c1-2-21-18(24-14-17(27)15-4-6-16(20)7-5-15)25-10-12-26(13-11-25)19-22-8-3-9-23-19/h3-9,17,27H,2,10-14H2,1H3,(H,21,24). The lowest BCUT2D eigenvalue weighted by Crippen LogP contribution is -2.53. The number of aliphatic hydroxyl groups excluding tert-OH is 1. The van der Waals surface area contributed by atoms with Gasteiger partial charge in [-0.25, -0.2) is 9.97 Å². The summed E-state index contributed by atoms with van der Waals surface area (Å²) in [6.45, 7) is 6.41. The van der Waals surface area contributed by atoms with E-state index in [-0.39, 0.29) is 0 Å². The molecule has 2 aromatic rings. The van der Waals surface area contributed by atoms with Gasteiger partial charge in [0.1, 0.15) is 0 Å². The van der Waals surface area contributed by atoms with E-state index in [1.54, 1.807) is 24.5 Å². The molecule has 0 spiro atoms. The SMILES string of the molecule is CCNC(=NCC(O)c1ccc(Cl)cc1)N1CCN(c2ncccn2)CC1. The second kappa shape index (κ2) is 9.53. The Morgan fingerprint density at radius 1 is 1.19 bits per heavy atom. The summed E-state index contributed by atoms with van der Waals surface area (Å²) >= 11 is 5.90. The van der Waals surface area contributed by atoms with Crippen molar-refractivity contribution in [3.05, 3.63) is 53.3 Å². The van der Waals surface area contributed by atoms with Crippen molar-refractivity contribution in [2.24, 2.45) is 4.99 Å². The van der Waals surface area contributed by atoms with E-state index in [4.69, 9.17) is 11.6 Å². The lowest BCUT2D eigenvalue weighted by atomic mass is 10.1. The average Bonchev–Trinajstić information content (AvgIpc) is 2.72. The highest BCUT2D eigenvalue weighted by Gasteiger charge is 2.21. The van der Waals surface area contributed by atoms with E-state index in [1.807, 2.05) is 25.1 Å². The predicted octanol–water partition coefficient (Wildman–Crippen LogP) is 1.95. The van der Waals surface area contributed by atoms with Gasteiger partial charge in [0.15, 0.2) is 5.96 Å². The van der Waals surface area contributed by atoms with Crippen molar-refractivity contribution < 1.29 is 5.11 Å². The summed E-state index contributed by atoms with van der Waals surface area (Å²) in [5.41, 5.74) is 0.810. The van der Waals surface area contributed by atoms with Gasteiger partial charge in [-0.05, 0) is 30.7 Å². The van der Waals surface area contributed by atoms with E-state index >= 15 is 0 Å². The maximum absolute atomic E-state index is 10.4. The molecule has 2 heterocycles. The fraction of sp³-hybridized carbons (Fsp3) is 0.421. The normalized spacial score (nSPS) is 16.3. The van der Waals surface area contributed by atoms with E-state index < -0.39 is 6.10 Å². The third-order valence-corrected chi connectivity index (χ3v) is 4.67. The largest absolute Gasteiger partial charge is 0.386 e. The molecule has 0 aliphatic carbocycles. The quantitative estimate of drug-likeness (QED) is 0.602. The number of rotatable bonds is 5. The zero-order valence-corrected chi connectivity index (χ0v) is 16.2. The molecule has 0 amide bonds. The molecule has 1 aromatic heterocycles. The highest BCUT2D eigenvalue weighted by atomic mass is 35.5. The van der Waals surface area contributed by atoms with Crippen LogP contribution >= 0.6 is 11.6 Å². The Balaban J connectivity index is 1.60. The summed E-state index contributed by atoms with van der Waals surface area (Å²) in [6.07, 6.45) is 2.87. The van der Waals surface area contributed by atoms with Crippen molar-refractivity contribution in [2.75, 3.05) is 44.2 Å². The monoisotopic (exact) mass is 388 g/mol. The van der Waals surface area contributed by atoms with Gasteiger partial charge < -0.3 is 20.2 Å². The first-order chi connectivity index (χ1) is 13.2. The Morgan fingerprint density at radius 2 is 1.85 bits per heavy atom. The van der Waals surface area contributed by atoms with Crippen LogP contribution in [0.4, 0.5) is 5.95 Å². The molecule has 1 saturated heterocycles. The molecule has 1 unspecified atom stereocenters. The van der Waals surface area contributed by atoms with Crippen LogP contribution in [0.3, 0.4) is 0 Å². The highest BCUT2D eigenvalue weighted by molar-refractivity contribution is 6.30. The average molecular weight is 389 g/mol. The van der Waals surface area contributed by atoms with Gasteiger partial charge in [-0.2, -0.15) is 0 Å². The van der Waals surface area contributed by atoms with E-state index in [1.165, 1.54) is 0 Å². The van der Waals surface area contributed by atoms with Gasteiger partial charge >= 0.3 is 0 Å². The van der Waals surface area contributed by atoms with Crippen LogP contribution in [0.5, 0.6) is 0 Å². The summed E-state index contributed by atoms with van der Waals surface area (Å²) in [5.74, 6) is 1.58. The molecule has 144 valence electrons. The molecule has 1 aromatic carbocycles.